The zero-order valence-electron chi connectivity index (χ0n) is 8.85. The normalized spacial score (nSPS) is 10.9. The monoisotopic (exact) mass is 305 g/mol. The van der Waals surface area contributed by atoms with Gasteiger partial charge in [-0.05, 0) is 0 Å². The minimum atomic E-state index is -0.221. The van der Waals surface area contributed by atoms with E-state index in [-0.39, 0.29) is 5.82 Å². The molecule has 2 aromatic carbocycles. The summed E-state index contributed by atoms with van der Waals surface area (Å²) in [5.74, 6) is -0.221. The molecule has 0 amide bonds. The average molecular weight is 305 g/mol. The second-order valence-electron chi connectivity index (χ2n) is 3.76. The molecule has 0 bridgehead atoms. The van der Waals surface area contributed by atoms with Gasteiger partial charge in [-0.15, -0.1) is 0 Å². The fourth-order valence-electron chi connectivity index (χ4n) is 1.69. The van der Waals surface area contributed by atoms with E-state index in [1.807, 2.05) is 6.07 Å². The van der Waals surface area contributed by atoms with E-state index in [1.165, 1.54) is 16.5 Å². The third-order valence-corrected chi connectivity index (χ3v) is 4.32. The molecule has 3 aromatic rings. The average Bonchev–Trinajstić information content (AvgIpc) is 2.72. The number of aromatic nitrogens is 1. The molecule has 3 rings (SSSR count). The molecule has 1 aromatic heterocycles. The summed E-state index contributed by atoms with van der Waals surface area (Å²) in [5.41, 5.74) is 1.84. The van der Waals surface area contributed by atoms with Crippen LogP contribution in [0.1, 0.15) is 0 Å². The summed E-state index contributed by atoms with van der Waals surface area (Å²) in [6.45, 7) is 0. The zero-order chi connectivity index (χ0) is 11.8. The Morgan fingerprint density at radius 2 is 2.00 bits per heavy atom. The van der Waals surface area contributed by atoms with Gasteiger partial charge in [-0.25, -0.2) is 0 Å². The van der Waals surface area contributed by atoms with Gasteiger partial charge in [-0.2, -0.15) is 0 Å². The number of benzene rings is 2. The van der Waals surface area contributed by atoms with Gasteiger partial charge in [0.25, 0.3) is 0 Å². The van der Waals surface area contributed by atoms with Crippen LogP contribution in [0.3, 0.4) is 0 Å². The van der Waals surface area contributed by atoms with Gasteiger partial charge in [0.15, 0.2) is 0 Å². The van der Waals surface area contributed by atoms with Gasteiger partial charge in [0.1, 0.15) is 0 Å². The van der Waals surface area contributed by atoms with Crippen molar-refractivity contribution in [2.45, 2.75) is 0 Å². The van der Waals surface area contributed by atoms with Crippen molar-refractivity contribution in [1.82, 2.24) is 4.98 Å². The van der Waals surface area contributed by atoms with Gasteiger partial charge in [0.2, 0.25) is 0 Å². The second-order valence-corrected chi connectivity index (χ2v) is 6.19. The van der Waals surface area contributed by atoms with Crippen molar-refractivity contribution >= 4 is 42.8 Å². The Hall–Kier alpha value is -1.18. The molecule has 1 heterocycles. The first-order valence-corrected chi connectivity index (χ1v) is 7.17. The summed E-state index contributed by atoms with van der Waals surface area (Å²) in [4.78, 5) is 4.55. The van der Waals surface area contributed by atoms with Crippen LogP contribution in [0.2, 0.25) is 0 Å². The molecule has 0 saturated carbocycles. The van der Waals surface area contributed by atoms with Gasteiger partial charge < -0.3 is 0 Å². The summed E-state index contributed by atoms with van der Waals surface area (Å²) < 4.78 is 15.5. The minimum absolute atomic E-state index is 0.221. The Morgan fingerprint density at radius 3 is 2.82 bits per heavy atom. The Labute approximate surface area is 111 Å². The molecule has 0 spiro atoms. The van der Waals surface area contributed by atoms with E-state index < -0.39 is 0 Å². The van der Waals surface area contributed by atoms with Crippen molar-refractivity contribution in [2.24, 2.45) is 0 Å². The summed E-state index contributed by atoms with van der Waals surface area (Å²) in [6, 6.07) is 12.8. The fourth-order valence-corrected chi connectivity index (χ4v) is 3.16. The van der Waals surface area contributed by atoms with Gasteiger partial charge in [0, 0.05) is 0 Å². The zero-order valence-corrected chi connectivity index (χ0v) is 12.1. The maximum atomic E-state index is 13.2. The quantitative estimate of drug-likeness (QED) is 0.629. The molecule has 0 aliphatic rings. The Bertz CT molecular complexity index is 693. The Balaban J connectivity index is 2.18. The molecule has 0 fully saturated rings. The van der Waals surface area contributed by atoms with Crippen LogP contribution in [-0.2, 0) is 0 Å². The summed E-state index contributed by atoms with van der Waals surface area (Å²) in [5, 5.41) is 0.873. The predicted octanol–water partition coefficient (Wildman–Crippen LogP) is 2.36. The first-order valence-electron chi connectivity index (χ1n) is 5.14. The molecular weight excluding hydrogens is 296 g/mol. The van der Waals surface area contributed by atoms with Crippen molar-refractivity contribution in [1.29, 1.82) is 0 Å². The predicted molar refractivity (Wildman–Crippen MR) is 73.2 cm³/mol. The molecule has 84 valence electrons. The van der Waals surface area contributed by atoms with Crippen molar-refractivity contribution in [3.63, 3.8) is 0 Å². The van der Waals surface area contributed by atoms with Crippen LogP contribution >= 0.6 is 11.3 Å². The number of hydrogen-bond acceptors (Lipinski definition) is 2. The van der Waals surface area contributed by atoms with Crippen LogP contribution in [0.25, 0.3) is 20.8 Å². The van der Waals surface area contributed by atoms with Crippen LogP contribution in [0.5, 0.6) is 0 Å². The summed E-state index contributed by atoms with van der Waals surface area (Å²) >= 11 is 3.18. The molecule has 1 unspecified atom stereocenters. The maximum absolute atomic E-state index is 13.2. The molecular formula is C13H9AsFNS. The summed E-state index contributed by atoms with van der Waals surface area (Å²) in [7, 11) is 0. The SMILES string of the molecule is Fc1cccc(-c2nc3cc([AsH2])ccc3s2)c1. The van der Waals surface area contributed by atoms with E-state index in [9.17, 15) is 4.39 Å². The molecule has 4 heteroatoms. The van der Waals surface area contributed by atoms with E-state index >= 15 is 0 Å². The van der Waals surface area contributed by atoms with Crippen LogP contribution in [0.4, 0.5) is 4.39 Å². The van der Waals surface area contributed by atoms with Crippen molar-refractivity contribution in [3.8, 4) is 10.6 Å². The number of rotatable bonds is 1. The van der Waals surface area contributed by atoms with Crippen molar-refractivity contribution < 1.29 is 4.39 Å². The third-order valence-electron chi connectivity index (χ3n) is 2.48. The van der Waals surface area contributed by atoms with Gasteiger partial charge in [0.05, 0.1) is 0 Å². The second kappa shape index (κ2) is 4.24. The standard InChI is InChI=1S/C13H9AsFNS/c14-9-4-5-12-11(7-9)16-13(17-12)8-2-1-3-10(15)6-8/h1-7H,14H2. The molecule has 17 heavy (non-hydrogen) atoms. The summed E-state index contributed by atoms with van der Waals surface area (Å²) in [6.07, 6.45) is 0. The molecule has 0 aliphatic heterocycles. The Morgan fingerprint density at radius 1 is 1.12 bits per heavy atom. The molecule has 0 aliphatic carbocycles. The van der Waals surface area contributed by atoms with Crippen LogP contribution < -0.4 is 4.35 Å². The number of fused-ring (bicyclic) bond motifs is 1. The van der Waals surface area contributed by atoms with E-state index in [4.69, 9.17) is 0 Å². The van der Waals surface area contributed by atoms with Crippen molar-refractivity contribution in [3.05, 3.63) is 48.3 Å². The van der Waals surface area contributed by atoms with E-state index in [0.29, 0.717) is 0 Å². The topological polar surface area (TPSA) is 12.9 Å². The number of halogens is 1. The molecule has 0 saturated heterocycles. The first kappa shape index (κ1) is 10.9. The fraction of sp³-hybridized carbons (Fsp3) is 0. The Kier molecular flexibility index (Phi) is 2.73. The van der Waals surface area contributed by atoms with E-state index in [0.717, 1.165) is 20.8 Å². The van der Waals surface area contributed by atoms with Gasteiger partial charge in [-0.3, -0.25) is 0 Å². The van der Waals surface area contributed by atoms with Crippen molar-refractivity contribution in [2.75, 3.05) is 0 Å². The first-order chi connectivity index (χ1) is 8.22. The number of nitrogens with zero attached hydrogens (tertiary/aromatic N) is 1. The molecule has 1 nitrogen and oxygen atoms in total. The van der Waals surface area contributed by atoms with Crippen LogP contribution in [0.15, 0.2) is 42.5 Å². The molecule has 0 N–H and O–H groups in total. The number of thiazole rings is 1. The molecule has 1 atom stereocenters. The van der Waals surface area contributed by atoms with E-state index in [2.05, 4.69) is 23.2 Å². The number of hydrogen-bond donors (Lipinski definition) is 0. The van der Waals surface area contributed by atoms with Crippen LogP contribution in [0, 0.1) is 5.82 Å². The van der Waals surface area contributed by atoms with Crippen LogP contribution in [-0.4, -0.2) is 21.8 Å². The van der Waals surface area contributed by atoms with Gasteiger partial charge >= 0.3 is 111 Å². The van der Waals surface area contributed by atoms with Gasteiger partial charge in [-0.1, -0.05) is 0 Å². The van der Waals surface area contributed by atoms with E-state index in [1.54, 1.807) is 34.3 Å². The third kappa shape index (κ3) is 2.13. The molecule has 0 radical (unpaired) electrons.